The Balaban J connectivity index is 1.90. The van der Waals surface area contributed by atoms with Crippen LogP contribution in [-0.4, -0.2) is 26.7 Å². The lowest BCUT2D eigenvalue weighted by Gasteiger charge is -2.27. The van der Waals surface area contributed by atoms with Gasteiger partial charge in [-0.25, -0.2) is 0 Å². The molecule has 110 valence electrons. The third-order valence-corrected chi connectivity index (χ3v) is 3.84. The predicted molar refractivity (Wildman–Crippen MR) is 77.9 cm³/mol. The quantitative estimate of drug-likeness (QED) is 0.641. The smallest absolute Gasteiger partial charge is 0.305 e. The number of nitrogens with one attached hydrogen (secondary N) is 1. The topological polar surface area (TPSA) is 47.6 Å². The molecular weight excluding hydrogens is 254 g/mol. The van der Waals surface area contributed by atoms with Crippen LogP contribution >= 0.6 is 0 Å². The van der Waals surface area contributed by atoms with Crippen LogP contribution in [0.4, 0.5) is 0 Å². The lowest BCUT2D eigenvalue weighted by molar-refractivity contribution is -0.140. The Morgan fingerprint density at radius 2 is 2.25 bits per heavy atom. The van der Waals surface area contributed by atoms with Crippen LogP contribution in [-0.2, 0) is 16.0 Å². The number of methoxy groups -OCH3 is 2. The molecule has 0 heterocycles. The molecule has 1 aliphatic carbocycles. The summed E-state index contributed by atoms with van der Waals surface area (Å²) in [7, 11) is 3.13. The van der Waals surface area contributed by atoms with Gasteiger partial charge >= 0.3 is 5.97 Å². The van der Waals surface area contributed by atoms with E-state index >= 15 is 0 Å². The Labute approximate surface area is 120 Å². The highest BCUT2D eigenvalue weighted by molar-refractivity contribution is 5.69. The monoisotopic (exact) mass is 277 g/mol. The summed E-state index contributed by atoms with van der Waals surface area (Å²) in [6.45, 7) is 0.839. The van der Waals surface area contributed by atoms with E-state index in [-0.39, 0.29) is 5.97 Å². The zero-order valence-electron chi connectivity index (χ0n) is 12.3. The second-order valence-corrected chi connectivity index (χ2v) is 5.14. The van der Waals surface area contributed by atoms with E-state index in [1.165, 1.54) is 24.7 Å². The molecule has 1 aliphatic rings. The fourth-order valence-corrected chi connectivity index (χ4v) is 2.74. The van der Waals surface area contributed by atoms with Gasteiger partial charge in [0.25, 0.3) is 0 Å². The van der Waals surface area contributed by atoms with Gasteiger partial charge < -0.3 is 14.8 Å². The van der Waals surface area contributed by atoms with Gasteiger partial charge in [-0.15, -0.1) is 0 Å². The maximum atomic E-state index is 11.1. The third-order valence-electron chi connectivity index (χ3n) is 3.84. The van der Waals surface area contributed by atoms with Crippen LogP contribution in [0, 0.1) is 0 Å². The molecule has 4 nitrogen and oxygen atoms in total. The maximum Gasteiger partial charge on any atom is 0.305 e. The first kappa shape index (κ1) is 14.9. The van der Waals surface area contributed by atoms with Crippen molar-refractivity contribution in [2.75, 3.05) is 20.8 Å². The van der Waals surface area contributed by atoms with Crippen molar-refractivity contribution in [2.45, 2.75) is 38.1 Å². The molecule has 1 aromatic carbocycles. The van der Waals surface area contributed by atoms with Crippen LogP contribution in [0.25, 0.3) is 0 Å². The molecule has 0 aromatic heterocycles. The molecule has 0 amide bonds. The van der Waals surface area contributed by atoms with Gasteiger partial charge in [0.1, 0.15) is 5.75 Å². The third kappa shape index (κ3) is 3.73. The lowest BCUT2D eigenvalue weighted by atomic mass is 9.87. The lowest BCUT2D eigenvalue weighted by Crippen LogP contribution is -2.26. The SMILES string of the molecule is COC(=O)CCCNC1CCCc2cc(OC)ccc21. The molecule has 0 radical (unpaired) electrons. The van der Waals surface area contributed by atoms with E-state index in [1.807, 2.05) is 6.07 Å². The first-order valence-electron chi connectivity index (χ1n) is 7.21. The minimum Gasteiger partial charge on any atom is -0.497 e. The van der Waals surface area contributed by atoms with Crippen molar-refractivity contribution in [1.82, 2.24) is 5.32 Å². The first-order valence-corrected chi connectivity index (χ1v) is 7.21. The molecule has 1 atom stereocenters. The van der Waals surface area contributed by atoms with Gasteiger partial charge in [-0.05, 0) is 55.5 Å². The van der Waals surface area contributed by atoms with E-state index in [0.29, 0.717) is 12.5 Å². The van der Waals surface area contributed by atoms with Gasteiger partial charge in [0.05, 0.1) is 14.2 Å². The van der Waals surface area contributed by atoms with Crippen LogP contribution in [0.2, 0.25) is 0 Å². The molecule has 0 saturated heterocycles. The average molecular weight is 277 g/mol. The Morgan fingerprint density at radius 3 is 3.00 bits per heavy atom. The normalized spacial score (nSPS) is 17.4. The Morgan fingerprint density at radius 1 is 1.40 bits per heavy atom. The average Bonchev–Trinajstić information content (AvgIpc) is 2.50. The first-order chi connectivity index (χ1) is 9.74. The van der Waals surface area contributed by atoms with Crippen LogP contribution in [0.1, 0.15) is 42.9 Å². The summed E-state index contributed by atoms with van der Waals surface area (Å²) in [6.07, 6.45) is 4.75. The van der Waals surface area contributed by atoms with Gasteiger partial charge in [-0.3, -0.25) is 4.79 Å². The zero-order valence-corrected chi connectivity index (χ0v) is 12.3. The number of carbonyl (C=O) groups excluding carboxylic acids is 1. The van der Waals surface area contributed by atoms with Crippen molar-refractivity contribution in [3.05, 3.63) is 29.3 Å². The molecule has 2 rings (SSSR count). The van der Waals surface area contributed by atoms with E-state index in [1.54, 1.807) is 7.11 Å². The molecular formula is C16H23NO3. The van der Waals surface area contributed by atoms with Crippen molar-refractivity contribution in [1.29, 1.82) is 0 Å². The largest absolute Gasteiger partial charge is 0.497 e. The van der Waals surface area contributed by atoms with Gasteiger partial charge in [-0.1, -0.05) is 6.07 Å². The number of ether oxygens (including phenoxy) is 2. The number of aryl methyl sites for hydroxylation is 1. The number of carbonyl (C=O) groups is 1. The van der Waals surface area contributed by atoms with Gasteiger partial charge in [0.2, 0.25) is 0 Å². The molecule has 1 aromatic rings. The second kappa shape index (κ2) is 7.29. The molecule has 1 N–H and O–H groups in total. The molecule has 0 bridgehead atoms. The Hall–Kier alpha value is -1.55. The minimum atomic E-state index is -0.138. The highest BCUT2D eigenvalue weighted by Gasteiger charge is 2.19. The van der Waals surface area contributed by atoms with Crippen molar-refractivity contribution in [3.8, 4) is 5.75 Å². The van der Waals surface area contributed by atoms with Crippen LogP contribution in [0.15, 0.2) is 18.2 Å². The predicted octanol–water partition coefficient (Wildman–Crippen LogP) is 2.62. The van der Waals surface area contributed by atoms with Gasteiger partial charge in [-0.2, -0.15) is 0 Å². The van der Waals surface area contributed by atoms with Crippen molar-refractivity contribution in [2.24, 2.45) is 0 Å². The Kier molecular flexibility index (Phi) is 5.41. The van der Waals surface area contributed by atoms with E-state index < -0.39 is 0 Å². The van der Waals surface area contributed by atoms with Crippen molar-refractivity contribution >= 4 is 5.97 Å². The number of rotatable bonds is 6. The molecule has 20 heavy (non-hydrogen) atoms. The van der Waals surface area contributed by atoms with E-state index in [0.717, 1.165) is 31.6 Å². The summed E-state index contributed by atoms with van der Waals surface area (Å²) >= 11 is 0. The van der Waals surface area contributed by atoms with Crippen molar-refractivity contribution < 1.29 is 14.3 Å². The van der Waals surface area contributed by atoms with Crippen molar-refractivity contribution in [3.63, 3.8) is 0 Å². The number of esters is 1. The summed E-state index contributed by atoms with van der Waals surface area (Å²) in [4.78, 5) is 11.1. The molecule has 0 aliphatic heterocycles. The van der Waals surface area contributed by atoms with Crippen LogP contribution in [0.3, 0.4) is 0 Å². The molecule has 0 fully saturated rings. The van der Waals surface area contributed by atoms with E-state index in [2.05, 4.69) is 22.2 Å². The van der Waals surface area contributed by atoms with E-state index in [9.17, 15) is 4.79 Å². The van der Waals surface area contributed by atoms with Crippen LogP contribution in [0.5, 0.6) is 5.75 Å². The maximum absolute atomic E-state index is 11.1. The number of fused-ring (bicyclic) bond motifs is 1. The minimum absolute atomic E-state index is 0.138. The molecule has 0 spiro atoms. The Bertz CT molecular complexity index is 459. The summed E-state index contributed by atoms with van der Waals surface area (Å²) in [6, 6.07) is 6.71. The fourth-order valence-electron chi connectivity index (χ4n) is 2.74. The molecule has 0 saturated carbocycles. The highest BCUT2D eigenvalue weighted by Crippen LogP contribution is 2.32. The highest BCUT2D eigenvalue weighted by atomic mass is 16.5. The second-order valence-electron chi connectivity index (χ2n) is 5.14. The molecule has 1 unspecified atom stereocenters. The van der Waals surface area contributed by atoms with E-state index in [4.69, 9.17) is 4.74 Å². The summed E-state index contributed by atoms with van der Waals surface area (Å²) < 4.78 is 9.92. The standard InChI is InChI=1S/C16H23NO3/c1-19-13-8-9-14-12(11-13)5-3-6-15(14)17-10-4-7-16(18)20-2/h8-9,11,15,17H,3-7,10H2,1-2H3. The van der Waals surface area contributed by atoms with Crippen LogP contribution < -0.4 is 10.1 Å². The molecule has 4 heteroatoms. The summed E-state index contributed by atoms with van der Waals surface area (Å²) in [5.74, 6) is 0.788. The zero-order chi connectivity index (χ0) is 14.4. The van der Waals surface area contributed by atoms with Gasteiger partial charge in [0, 0.05) is 12.5 Å². The number of benzene rings is 1. The fraction of sp³-hybridized carbons (Fsp3) is 0.562. The van der Waals surface area contributed by atoms with Gasteiger partial charge in [0.15, 0.2) is 0 Å². The number of hydrogen-bond acceptors (Lipinski definition) is 4. The number of hydrogen-bond donors (Lipinski definition) is 1. The summed E-state index contributed by atoms with van der Waals surface area (Å²) in [5, 5.41) is 3.55. The summed E-state index contributed by atoms with van der Waals surface area (Å²) in [5.41, 5.74) is 2.75.